The van der Waals surface area contributed by atoms with Crippen LogP contribution in [0.5, 0.6) is 0 Å². The monoisotopic (exact) mass is 298 g/mol. The average Bonchev–Trinajstić information content (AvgIpc) is 2.53. The van der Waals surface area contributed by atoms with Gasteiger partial charge in [0.25, 0.3) is 0 Å². The number of nitrogens with one attached hydrogen (secondary N) is 1. The van der Waals surface area contributed by atoms with Crippen LogP contribution in [0.2, 0.25) is 0 Å². The van der Waals surface area contributed by atoms with Gasteiger partial charge in [0.1, 0.15) is 5.82 Å². The van der Waals surface area contributed by atoms with E-state index >= 15 is 0 Å². The Labute approximate surface area is 129 Å². The summed E-state index contributed by atoms with van der Waals surface area (Å²) in [5.74, 6) is -1.02. The maximum atomic E-state index is 14.0. The molecule has 4 heteroatoms. The number of benzene rings is 2. The van der Waals surface area contributed by atoms with Gasteiger partial charge in [-0.3, -0.25) is 4.79 Å². The van der Waals surface area contributed by atoms with Crippen molar-refractivity contribution in [3.63, 3.8) is 0 Å². The topological polar surface area (TPSA) is 55.1 Å². The van der Waals surface area contributed by atoms with Gasteiger partial charge in [-0.05, 0) is 55.0 Å². The quantitative estimate of drug-likeness (QED) is 0.908. The van der Waals surface area contributed by atoms with Crippen LogP contribution in [0, 0.1) is 5.82 Å². The van der Waals surface area contributed by atoms with Gasteiger partial charge in [-0.15, -0.1) is 0 Å². The van der Waals surface area contributed by atoms with Crippen molar-refractivity contribution < 1.29 is 9.18 Å². The van der Waals surface area contributed by atoms with E-state index in [0.29, 0.717) is 12.1 Å². The molecule has 3 rings (SSSR count). The lowest BCUT2D eigenvalue weighted by molar-refractivity contribution is 0.1000. The molecule has 2 aromatic rings. The van der Waals surface area contributed by atoms with Crippen LogP contribution in [0.4, 0.5) is 10.1 Å². The Hall–Kier alpha value is -2.36. The predicted octanol–water partition coefficient (Wildman–Crippen LogP) is 3.42. The zero-order valence-corrected chi connectivity index (χ0v) is 12.4. The van der Waals surface area contributed by atoms with Crippen LogP contribution in [0.3, 0.4) is 0 Å². The van der Waals surface area contributed by atoms with E-state index in [1.807, 2.05) is 12.1 Å². The van der Waals surface area contributed by atoms with E-state index in [2.05, 4.69) is 11.4 Å². The van der Waals surface area contributed by atoms with Gasteiger partial charge in [0.15, 0.2) is 0 Å². The normalized spacial score (nSPS) is 13.5. The first kappa shape index (κ1) is 14.6. The highest BCUT2D eigenvalue weighted by atomic mass is 19.1. The van der Waals surface area contributed by atoms with Crippen LogP contribution in [-0.4, -0.2) is 5.91 Å². The number of amides is 1. The summed E-state index contributed by atoms with van der Waals surface area (Å²) in [4.78, 5) is 11.0. The van der Waals surface area contributed by atoms with Crippen LogP contribution in [0.1, 0.15) is 39.9 Å². The highest BCUT2D eigenvalue weighted by Gasteiger charge is 2.13. The lowest BCUT2D eigenvalue weighted by Crippen LogP contribution is -2.12. The lowest BCUT2D eigenvalue weighted by Gasteiger charge is -2.20. The maximum absolute atomic E-state index is 14.0. The molecular weight excluding hydrogens is 279 g/mol. The second kappa shape index (κ2) is 6.18. The number of hydrogen-bond acceptors (Lipinski definition) is 2. The van der Waals surface area contributed by atoms with Crippen molar-refractivity contribution in [1.82, 2.24) is 0 Å². The minimum absolute atomic E-state index is 0.193. The summed E-state index contributed by atoms with van der Waals surface area (Å²) in [6.45, 7) is 0.390. The molecule has 0 aliphatic heterocycles. The number of hydrogen-bond donors (Lipinski definition) is 2. The van der Waals surface area contributed by atoms with Crippen molar-refractivity contribution in [3.05, 3.63) is 64.5 Å². The summed E-state index contributed by atoms with van der Waals surface area (Å²) in [7, 11) is 0. The zero-order chi connectivity index (χ0) is 15.5. The first-order valence-corrected chi connectivity index (χ1v) is 7.58. The molecule has 0 atom stereocenters. The fourth-order valence-electron chi connectivity index (χ4n) is 2.98. The largest absolute Gasteiger partial charge is 0.381 e. The predicted molar refractivity (Wildman–Crippen MR) is 85.3 cm³/mol. The number of nitrogens with two attached hydrogens (primary N) is 1. The molecule has 1 aliphatic carbocycles. The fraction of sp³-hybridized carbons (Fsp3) is 0.278. The van der Waals surface area contributed by atoms with Crippen molar-refractivity contribution in [2.24, 2.45) is 5.73 Å². The van der Waals surface area contributed by atoms with Crippen LogP contribution in [-0.2, 0) is 19.4 Å². The molecule has 3 nitrogen and oxygen atoms in total. The first-order valence-electron chi connectivity index (χ1n) is 7.58. The fourth-order valence-corrected chi connectivity index (χ4v) is 2.98. The summed E-state index contributed by atoms with van der Waals surface area (Å²) in [5.41, 5.74) is 9.69. The van der Waals surface area contributed by atoms with E-state index in [4.69, 9.17) is 5.73 Å². The number of carbonyl (C=O) groups excluding carboxylic acids is 1. The molecule has 3 N–H and O–H groups in total. The molecule has 0 saturated heterocycles. The molecular formula is C18H19FN2O. The van der Waals surface area contributed by atoms with Gasteiger partial charge in [0.05, 0.1) is 0 Å². The van der Waals surface area contributed by atoms with Gasteiger partial charge in [-0.1, -0.05) is 18.2 Å². The van der Waals surface area contributed by atoms with E-state index < -0.39 is 11.7 Å². The number of fused-ring (bicyclic) bond motifs is 1. The molecule has 0 radical (unpaired) electrons. The Morgan fingerprint density at radius 3 is 2.77 bits per heavy atom. The molecule has 0 spiro atoms. The Balaban J connectivity index is 1.77. The number of rotatable bonds is 4. The van der Waals surface area contributed by atoms with Crippen LogP contribution < -0.4 is 11.1 Å². The molecule has 0 bridgehead atoms. The molecule has 1 aliphatic rings. The third-order valence-corrected chi connectivity index (χ3v) is 4.20. The molecule has 114 valence electrons. The number of anilines is 1. The van der Waals surface area contributed by atoms with Gasteiger partial charge >= 0.3 is 0 Å². The molecule has 0 fully saturated rings. The number of primary amides is 1. The standard InChI is InChI=1S/C18H19FN2O/c19-16-10-13(18(20)22)8-9-14(16)11-21-17-7-3-5-12-4-1-2-6-15(12)17/h3,5,7-10,21H,1-2,4,6,11H2,(H2,20,22). The average molecular weight is 298 g/mol. The summed E-state index contributed by atoms with van der Waals surface area (Å²) < 4.78 is 14.0. The maximum Gasteiger partial charge on any atom is 0.248 e. The van der Waals surface area contributed by atoms with Crippen molar-refractivity contribution in [3.8, 4) is 0 Å². The lowest BCUT2D eigenvalue weighted by atomic mass is 9.90. The zero-order valence-electron chi connectivity index (χ0n) is 12.4. The molecule has 0 heterocycles. The van der Waals surface area contributed by atoms with Crippen molar-refractivity contribution in [2.45, 2.75) is 32.2 Å². The summed E-state index contributed by atoms with van der Waals surface area (Å²) >= 11 is 0. The van der Waals surface area contributed by atoms with Crippen molar-refractivity contribution >= 4 is 11.6 Å². The third kappa shape index (κ3) is 2.96. The number of aryl methyl sites for hydroxylation is 1. The Bertz CT molecular complexity index is 712. The smallest absolute Gasteiger partial charge is 0.248 e. The van der Waals surface area contributed by atoms with E-state index in [1.165, 1.54) is 30.0 Å². The number of halogens is 1. The summed E-state index contributed by atoms with van der Waals surface area (Å²) in [5, 5.41) is 3.32. The molecule has 0 aromatic heterocycles. The van der Waals surface area contributed by atoms with E-state index in [9.17, 15) is 9.18 Å². The van der Waals surface area contributed by atoms with Crippen LogP contribution >= 0.6 is 0 Å². The first-order chi connectivity index (χ1) is 10.6. The minimum atomic E-state index is -0.615. The summed E-state index contributed by atoms with van der Waals surface area (Å²) in [6.07, 6.45) is 4.63. The molecule has 1 amide bonds. The second-order valence-electron chi connectivity index (χ2n) is 5.67. The highest BCUT2D eigenvalue weighted by molar-refractivity contribution is 5.92. The number of carbonyl (C=O) groups is 1. The third-order valence-electron chi connectivity index (χ3n) is 4.20. The minimum Gasteiger partial charge on any atom is -0.381 e. The van der Waals surface area contributed by atoms with Gasteiger partial charge in [0, 0.05) is 23.4 Å². The Morgan fingerprint density at radius 1 is 1.18 bits per heavy atom. The molecule has 22 heavy (non-hydrogen) atoms. The molecule has 2 aromatic carbocycles. The molecule has 0 saturated carbocycles. The van der Waals surface area contributed by atoms with Gasteiger partial charge in [-0.25, -0.2) is 4.39 Å². The van der Waals surface area contributed by atoms with E-state index in [1.54, 1.807) is 12.1 Å². The van der Waals surface area contributed by atoms with Crippen LogP contribution in [0.25, 0.3) is 0 Å². The Morgan fingerprint density at radius 2 is 2.00 bits per heavy atom. The summed E-state index contributed by atoms with van der Waals surface area (Å²) in [6, 6.07) is 10.6. The SMILES string of the molecule is NC(=O)c1ccc(CNc2cccc3c2CCCC3)c(F)c1. The van der Waals surface area contributed by atoms with Gasteiger partial charge < -0.3 is 11.1 Å². The molecule has 0 unspecified atom stereocenters. The van der Waals surface area contributed by atoms with Crippen LogP contribution in [0.15, 0.2) is 36.4 Å². The van der Waals surface area contributed by atoms with E-state index in [0.717, 1.165) is 18.5 Å². The van der Waals surface area contributed by atoms with Crippen molar-refractivity contribution in [2.75, 3.05) is 5.32 Å². The highest BCUT2D eigenvalue weighted by Crippen LogP contribution is 2.28. The van der Waals surface area contributed by atoms with E-state index in [-0.39, 0.29) is 5.56 Å². The van der Waals surface area contributed by atoms with Gasteiger partial charge in [0.2, 0.25) is 5.91 Å². The Kier molecular flexibility index (Phi) is 4.09. The van der Waals surface area contributed by atoms with Crippen molar-refractivity contribution in [1.29, 1.82) is 0 Å². The second-order valence-corrected chi connectivity index (χ2v) is 5.67. The van der Waals surface area contributed by atoms with Gasteiger partial charge in [-0.2, -0.15) is 0 Å².